The highest BCUT2D eigenvalue weighted by molar-refractivity contribution is 5.83. The van der Waals surface area contributed by atoms with Crippen molar-refractivity contribution < 1.29 is 9.53 Å². The number of methoxy groups -OCH3 is 1. The number of hydrogen-bond donors (Lipinski definition) is 0. The first-order valence-corrected chi connectivity index (χ1v) is 4.26. The van der Waals surface area contributed by atoms with E-state index in [2.05, 4.69) is 16.9 Å². The van der Waals surface area contributed by atoms with Gasteiger partial charge in [0.1, 0.15) is 0 Å². The van der Waals surface area contributed by atoms with Gasteiger partial charge < -0.3 is 4.74 Å². The minimum Gasteiger partial charge on any atom is -0.466 e. The SMILES string of the molecule is COC(=O)/C=C1\C[C@H]2C=C[C@@H]1C2. The molecule has 2 bridgehead atoms. The molecule has 2 atom stereocenters. The third kappa shape index (κ3) is 1.17. The zero-order valence-corrected chi connectivity index (χ0v) is 7.12. The molecule has 0 radical (unpaired) electrons. The second kappa shape index (κ2) is 2.77. The fraction of sp³-hybridized carbons (Fsp3) is 0.500. The van der Waals surface area contributed by atoms with E-state index in [4.69, 9.17) is 0 Å². The number of fused-ring (bicyclic) bond motifs is 2. The third-order valence-electron chi connectivity index (χ3n) is 2.65. The van der Waals surface area contributed by atoms with Crippen LogP contribution in [0, 0.1) is 11.8 Å². The molecule has 2 aliphatic carbocycles. The van der Waals surface area contributed by atoms with Crippen molar-refractivity contribution in [3.63, 3.8) is 0 Å². The van der Waals surface area contributed by atoms with Gasteiger partial charge in [-0.25, -0.2) is 4.79 Å². The molecule has 0 spiro atoms. The van der Waals surface area contributed by atoms with Gasteiger partial charge in [0.15, 0.2) is 0 Å². The molecule has 2 nitrogen and oxygen atoms in total. The molecule has 2 heteroatoms. The van der Waals surface area contributed by atoms with Crippen LogP contribution in [0.1, 0.15) is 12.8 Å². The number of allylic oxidation sites excluding steroid dienone is 3. The quantitative estimate of drug-likeness (QED) is 0.335. The Morgan fingerprint density at radius 3 is 3.00 bits per heavy atom. The van der Waals surface area contributed by atoms with Gasteiger partial charge in [-0.1, -0.05) is 17.7 Å². The van der Waals surface area contributed by atoms with Crippen molar-refractivity contribution in [3.8, 4) is 0 Å². The van der Waals surface area contributed by atoms with E-state index in [0.717, 1.165) is 6.42 Å². The Bertz CT molecular complexity index is 263. The number of ether oxygens (including phenoxy) is 1. The van der Waals surface area contributed by atoms with Gasteiger partial charge in [0.2, 0.25) is 0 Å². The van der Waals surface area contributed by atoms with Crippen LogP contribution >= 0.6 is 0 Å². The fourth-order valence-corrected chi connectivity index (χ4v) is 2.03. The van der Waals surface area contributed by atoms with Gasteiger partial charge >= 0.3 is 5.97 Å². The van der Waals surface area contributed by atoms with Crippen LogP contribution in [0.25, 0.3) is 0 Å². The molecule has 2 aliphatic rings. The maximum absolute atomic E-state index is 10.9. The van der Waals surface area contributed by atoms with Crippen LogP contribution in [-0.4, -0.2) is 13.1 Å². The largest absolute Gasteiger partial charge is 0.466 e. The Balaban J connectivity index is 2.12. The van der Waals surface area contributed by atoms with E-state index in [1.165, 1.54) is 19.1 Å². The lowest BCUT2D eigenvalue weighted by Gasteiger charge is -2.06. The summed E-state index contributed by atoms with van der Waals surface area (Å²) in [6.45, 7) is 0. The molecule has 0 N–H and O–H groups in total. The Morgan fingerprint density at radius 2 is 2.50 bits per heavy atom. The molecule has 12 heavy (non-hydrogen) atoms. The summed E-state index contributed by atoms with van der Waals surface area (Å²) in [4.78, 5) is 10.9. The van der Waals surface area contributed by atoms with Crippen molar-refractivity contribution in [3.05, 3.63) is 23.8 Å². The van der Waals surface area contributed by atoms with Crippen molar-refractivity contribution in [2.75, 3.05) is 7.11 Å². The second-order valence-corrected chi connectivity index (χ2v) is 3.43. The van der Waals surface area contributed by atoms with Crippen molar-refractivity contribution in [1.29, 1.82) is 0 Å². The van der Waals surface area contributed by atoms with Crippen LogP contribution in [0.4, 0.5) is 0 Å². The van der Waals surface area contributed by atoms with Gasteiger partial charge in [-0.15, -0.1) is 0 Å². The number of hydrogen-bond acceptors (Lipinski definition) is 2. The molecule has 64 valence electrons. The summed E-state index contributed by atoms with van der Waals surface area (Å²) in [7, 11) is 1.42. The monoisotopic (exact) mass is 164 g/mol. The van der Waals surface area contributed by atoms with E-state index in [1.807, 2.05) is 0 Å². The highest BCUT2D eigenvalue weighted by Gasteiger charge is 2.31. The van der Waals surface area contributed by atoms with Crippen LogP contribution in [0.5, 0.6) is 0 Å². The number of carbonyl (C=O) groups excluding carboxylic acids is 1. The average molecular weight is 164 g/mol. The molecular weight excluding hydrogens is 152 g/mol. The third-order valence-corrected chi connectivity index (χ3v) is 2.65. The highest BCUT2D eigenvalue weighted by atomic mass is 16.5. The summed E-state index contributed by atoms with van der Waals surface area (Å²) >= 11 is 0. The summed E-state index contributed by atoms with van der Waals surface area (Å²) in [5, 5.41) is 0. The molecule has 0 aromatic rings. The molecule has 0 amide bonds. The van der Waals surface area contributed by atoms with Gasteiger partial charge in [0.05, 0.1) is 7.11 Å². The van der Waals surface area contributed by atoms with Crippen LogP contribution in [0.2, 0.25) is 0 Å². The van der Waals surface area contributed by atoms with E-state index < -0.39 is 0 Å². The first-order valence-electron chi connectivity index (χ1n) is 4.26. The highest BCUT2D eigenvalue weighted by Crippen LogP contribution is 2.42. The Kier molecular flexibility index (Phi) is 1.75. The minimum absolute atomic E-state index is 0.217. The van der Waals surface area contributed by atoms with Crippen molar-refractivity contribution in [1.82, 2.24) is 0 Å². The zero-order valence-electron chi connectivity index (χ0n) is 7.12. The first-order chi connectivity index (χ1) is 5.79. The van der Waals surface area contributed by atoms with Gasteiger partial charge in [-0.3, -0.25) is 0 Å². The summed E-state index contributed by atoms with van der Waals surface area (Å²) in [5.41, 5.74) is 1.24. The molecule has 1 fully saturated rings. The Morgan fingerprint density at radius 1 is 1.67 bits per heavy atom. The van der Waals surface area contributed by atoms with Crippen LogP contribution in [-0.2, 0) is 9.53 Å². The predicted octanol–water partition coefficient (Wildman–Crippen LogP) is 1.68. The molecule has 2 rings (SSSR count). The molecule has 0 saturated heterocycles. The van der Waals surface area contributed by atoms with E-state index >= 15 is 0 Å². The fourth-order valence-electron chi connectivity index (χ4n) is 2.03. The summed E-state index contributed by atoms with van der Waals surface area (Å²) < 4.78 is 4.58. The second-order valence-electron chi connectivity index (χ2n) is 3.43. The number of rotatable bonds is 1. The van der Waals surface area contributed by atoms with E-state index in [1.54, 1.807) is 6.08 Å². The Labute approximate surface area is 71.9 Å². The molecule has 0 aromatic carbocycles. The lowest BCUT2D eigenvalue weighted by atomic mass is 10.0. The van der Waals surface area contributed by atoms with E-state index in [-0.39, 0.29) is 5.97 Å². The molecule has 1 saturated carbocycles. The van der Waals surface area contributed by atoms with Crippen molar-refractivity contribution in [2.45, 2.75) is 12.8 Å². The summed E-state index contributed by atoms with van der Waals surface area (Å²) in [5.74, 6) is 0.992. The van der Waals surface area contributed by atoms with E-state index in [0.29, 0.717) is 11.8 Å². The molecule has 0 unspecified atom stereocenters. The smallest absolute Gasteiger partial charge is 0.330 e. The lowest BCUT2D eigenvalue weighted by molar-refractivity contribution is -0.134. The summed E-state index contributed by atoms with van der Waals surface area (Å²) in [6.07, 6.45) is 8.34. The van der Waals surface area contributed by atoms with Gasteiger partial charge in [0.25, 0.3) is 0 Å². The van der Waals surface area contributed by atoms with Gasteiger partial charge in [0, 0.05) is 6.08 Å². The lowest BCUT2D eigenvalue weighted by Crippen LogP contribution is -2.00. The van der Waals surface area contributed by atoms with Gasteiger partial charge in [-0.2, -0.15) is 0 Å². The van der Waals surface area contributed by atoms with E-state index in [9.17, 15) is 4.79 Å². The van der Waals surface area contributed by atoms with Crippen LogP contribution in [0.3, 0.4) is 0 Å². The standard InChI is InChI=1S/C10H12O2/c1-12-10(11)6-9-5-7-2-3-8(9)4-7/h2-3,6-8H,4-5H2,1H3/b9-6+/t7-,8+/m0/s1. The number of carbonyl (C=O) groups is 1. The minimum atomic E-state index is -0.217. The van der Waals surface area contributed by atoms with Gasteiger partial charge in [-0.05, 0) is 24.7 Å². The average Bonchev–Trinajstić information content (AvgIpc) is 2.64. The molecule has 0 aromatic heterocycles. The molecule has 0 heterocycles. The Hall–Kier alpha value is -1.05. The summed E-state index contributed by atoms with van der Waals surface area (Å²) in [6, 6.07) is 0. The predicted molar refractivity (Wildman–Crippen MR) is 45.5 cm³/mol. The number of esters is 1. The van der Waals surface area contributed by atoms with Crippen molar-refractivity contribution in [2.24, 2.45) is 11.8 Å². The maximum Gasteiger partial charge on any atom is 0.330 e. The van der Waals surface area contributed by atoms with Crippen LogP contribution < -0.4 is 0 Å². The normalized spacial score (nSPS) is 34.6. The molecule has 0 aliphatic heterocycles. The maximum atomic E-state index is 10.9. The zero-order chi connectivity index (χ0) is 8.55. The molecular formula is C10H12O2. The van der Waals surface area contributed by atoms with Crippen LogP contribution in [0.15, 0.2) is 23.8 Å². The van der Waals surface area contributed by atoms with Crippen molar-refractivity contribution >= 4 is 5.97 Å². The topological polar surface area (TPSA) is 26.3 Å². The first kappa shape index (κ1) is 7.59.